The standard InChI is InChI=1S/C15H25N/c1-3-12-16(13-4-2)14-8-11-15-9-6-5-7-10-15/h5-7,9-10H,3-4,8,11-14H2,1-2H3. The highest BCUT2D eigenvalue weighted by Crippen LogP contribution is 2.04. The molecule has 1 heteroatoms. The van der Waals surface area contributed by atoms with Crippen LogP contribution < -0.4 is 0 Å². The molecule has 0 bridgehead atoms. The maximum Gasteiger partial charge on any atom is -0.00156 e. The van der Waals surface area contributed by atoms with Gasteiger partial charge in [-0.3, -0.25) is 0 Å². The van der Waals surface area contributed by atoms with Gasteiger partial charge in [0.15, 0.2) is 0 Å². The van der Waals surface area contributed by atoms with Crippen molar-refractivity contribution in [3.8, 4) is 0 Å². The van der Waals surface area contributed by atoms with Gasteiger partial charge in [0.1, 0.15) is 0 Å². The van der Waals surface area contributed by atoms with E-state index in [1.807, 2.05) is 0 Å². The molecule has 0 unspecified atom stereocenters. The quantitative estimate of drug-likeness (QED) is 0.644. The van der Waals surface area contributed by atoms with E-state index in [0.29, 0.717) is 0 Å². The molecule has 0 saturated carbocycles. The van der Waals surface area contributed by atoms with Crippen molar-refractivity contribution in [3.05, 3.63) is 35.9 Å². The largest absolute Gasteiger partial charge is 0.303 e. The third kappa shape index (κ3) is 5.32. The van der Waals surface area contributed by atoms with Crippen LogP contribution in [0.15, 0.2) is 30.3 Å². The van der Waals surface area contributed by atoms with E-state index >= 15 is 0 Å². The van der Waals surface area contributed by atoms with Crippen molar-refractivity contribution in [2.45, 2.75) is 39.5 Å². The van der Waals surface area contributed by atoms with Gasteiger partial charge in [-0.15, -0.1) is 0 Å². The molecule has 1 rings (SSSR count). The van der Waals surface area contributed by atoms with Crippen LogP contribution in [0.4, 0.5) is 0 Å². The molecule has 16 heavy (non-hydrogen) atoms. The van der Waals surface area contributed by atoms with Crippen LogP contribution in [0.25, 0.3) is 0 Å². The van der Waals surface area contributed by atoms with Crippen LogP contribution in [-0.2, 0) is 6.42 Å². The third-order valence-corrected chi connectivity index (χ3v) is 2.86. The fourth-order valence-electron chi connectivity index (χ4n) is 2.12. The number of hydrogen-bond acceptors (Lipinski definition) is 1. The lowest BCUT2D eigenvalue weighted by molar-refractivity contribution is 0.271. The Balaban J connectivity index is 2.22. The summed E-state index contributed by atoms with van der Waals surface area (Å²) < 4.78 is 0. The highest BCUT2D eigenvalue weighted by molar-refractivity contribution is 5.14. The molecule has 0 fully saturated rings. The summed E-state index contributed by atoms with van der Waals surface area (Å²) in [4.78, 5) is 2.59. The van der Waals surface area contributed by atoms with E-state index in [-0.39, 0.29) is 0 Å². The van der Waals surface area contributed by atoms with Crippen LogP contribution in [0.2, 0.25) is 0 Å². The Kier molecular flexibility index (Phi) is 6.91. The molecule has 0 aliphatic carbocycles. The van der Waals surface area contributed by atoms with E-state index in [9.17, 15) is 0 Å². The maximum atomic E-state index is 2.59. The molecule has 0 spiro atoms. The van der Waals surface area contributed by atoms with E-state index in [0.717, 1.165) is 0 Å². The number of aryl methyl sites for hydroxylation is 1. The van der Waals surface area contributed by atoms with Gasteiger partial charge in [-0.1, -0.05) is 44.2 Å². The highest BCUT2D eigenvalue weighted by atomic mass is 15.1. The second-order valence-corrected chi connectivity index (χ2v) is 4.43. The Bertz CT molecular complexity index is 249. The molecule has 0 N–H and O–H groups in total. The predicted octanol–water partition coefficient (Wildman–Crippen LogP) is 3.74. The Morgan fingerprint density at radius 3 is 2.06 bits per heavy atom. The summed E-state index contributed by atoms with van der Waals surface area (Å²) in [5.74, 6) is 0. The van der Waals surface area contributed by atoms with E-state index in [2.05, 4.69) is 49.1 Å². The van der Waals surface area contributed by atoms with Crippen LogP contribution in [0.1, 0.15) is 38.7 Å². The second-order valence-electron chi connectivity index (χ2n) is 4.43. The van der Waals surface area contributed by atoms with Crippen molar-refractivity contribution in [2.24, 2.45) is 0 Å². The zero-order valence-corrected chi connectivity index (χ0v) is 10.8. The SMILES string of the molecule is CCCN(CCC)CCCc1ccccc1. The Labute approximate surface area is 100 Å². The molecule has 1 aromatic carbocycles. The molecule has 0 aliphatic rings. The molecule has 0 aliphatic heterocycles. The Morgan fingerprint density at radius 2 is 1.50 bits per heavy atom. The smallest absolute Gasteiger partial charge is 0.00156 e. The van der Waals surface area contributed by atoms with Gasteiger partial charge >= 0.3 is 0 Å². The summed E-state index contributed by atoms with van der Waals surface area (Å²) >= 11 is 0. The topological polar surface area (TPSA) is 3.24 Å². The van der Waals surface area contributed by atoms with Crippen LogP contribution in [0, 0.1) is 0 Å². The van der Waals surface area contributed by atoms with Crippen molar-refractivity contribution in [3.63, 3.8) is 0 Å². The fourth-order valence-corrected chi connectivity index (χ4v) is 2.12. The molecule has 0 amide bonds. The van der Waals surface area contributed by atoms with Gasteiger partial charge in [0.05, 0.1) is 0 Å². The minimum atomic E-state index is 1.21. The number of hydrogen-bond donors (Lipinski definition) is 0. The van der Waals surface area contributed by atoms with E-state index in [1.165, 1.54) is 50.9 Å². The average Bonchev–Trinajstić information content (AvgIpc) is 2.31. The summed E-state index contributed by atoms with van der Waals surface area (Å²) in [6.07, 6.45) is 5.03. The van der Waals surface area contributed by atoms with Crippen LogP contribution in [0.3, 0.4) is 0 Å². The van der Waals surface area contributed by atoms with Crippen LogP contribution >= 0.6 is 0 Å². The number of nitrogens with zero attached hydrogens (tertiary/aromatic N) is 1. The predicted molar refractivity (Wildman–Crippen MR) is 71.8 cm³/mol. The number of benzene rings is 1. The molecule has 0 atom stereocenters. The zero-order chi connectivity index (χ0) is 11.6. The molecule has 90 valence electrons. The van der Waals surface area contributed by atoms with Gasteiger partial charge in [-0.2, -0.15) is 0 Å². The van der Waals surface area contributed by atoms with Gasteiger partial charge in [0.25, 0.3) is 0 Å². The lowest BCUT2D eigenvalue weighted by Crippen LogP contribution is -2.26. The molecule has 1 aromatic rings. The summed E-state index contributed by atoms with van der Waals surface area (Å²) in [5.41, 5.74) is 1.47. The van der Waals surface area contributed by atoms with Gasteiger partial charge in [0, 0.05) is 0 Å². The first-order valence-electron chi connectivity index (χ1n) is 6.63. The van der Waals surface area contributed by atoms with Crippen molar-refractivity contribution in [1.82, 2.24) is 4.90 Å². The van der Waals surface area contributed by atoms with Crippen LogP contribution in [0.5, 0.6) is 0 Å². The fraction of sp³-hybridized carbons (Fsp3) is 0.600. The first-order chi connectivity index (χ1) is 7.86. The molecular formula is C15H25N. The van der Waals surface area contributed by atoms with E-state index in [1.54, 1.807) is 0 Å². The third-order valence-electron chi connectivity index (χ3n) is 2.86. The highest BCUT2D eigenvalue weighted by Gasteiger charge is 2.01. The van der Waals surface area contributed by atoms with E-state index < -0.39 is 0 Å². The molecular weight excluding hydrogens is 194 g/mol. The minimum Gasteiger partial charge on any atom is -0.303 e. The monoisotopic (exact) mass is 219 g/mol. The Morgan fingerprint density at radius 1 is 0.875 bits per heavy atom. The number of rotatable bonds is 8. The van der Waals surface area contributed by atoms with Gasteiger partial charge < -0.3 is 4.90 Å². The molecule has 0 radical (unpaired) electrons. The Hall–Kier alpha value is -0.820. The molecule has 0 aromatic heterocycles. The molecule has 0 heterocycles. The lowest BCUT2D eigenvalue weighted by Gasteiger charge is -2.20. The average molecular weight is 219 g/mol. The van der Waals surface area contributed by atoms with E-state index in [4.69, 9.17) is 0 Å². The van der Waals surface area contributed by atoms with Crippen molar-refractivity contribution < 1.29 is 0 Å². The van der Waals surface area contributed by atoms with Gasteiger partial charge in [-0.05, 0) is 50.9 Å². The summed E-state index contributed by atoms with van der Waals surface area (Å²) in [5, 5.41) is 0. The van der Waals surface area contributed by atoms with Gasteiger partial charge in [-0.25, -0.2) is 0 Å². The summed E-state index contributed by atoms with van der Waals surface area (Å²) in [6, 6.07) is 10.8. The van der Waals surface area contributed by atoms with Crippen LogP contribution in [-0.4, -0.2) is 24.5 Å². The minimum absolute atomic E-state index is 1.21. The molecule has 1 nitrogen and oxygen atoms in total. The first kappa shape index (κ1) is 13.2. The van der Waals surface area contributed by atoms with Crippen molar-refractivity contribution >= 4 is 0 Å². The van der Waals surface area contributed by atoms with Crippen molar-refractivity contribution in [2.75, 3.05) is 19.6 Å². The second kappa shape index (κ2) is 8.35. The normalized spacial score (nSPS) is 10.9. The first-order valence-corrected chi connectivity index (χ1v) is 6.63. The summed E-state index contributed by atoms with van der Waals surface area (Å²) in [6.45, 7) is 8.28. The lowest BCUT2D eigenvalue weighted by atomic mass is 10.1. The zero-order valence-electron chi connectivity index (χ0n) is 10.8. The summed E-state index contributed by atoms with van der Waals surface area (Å²) in [7, 11) is 0. The van der Waals surface area contributed by atoms with Crippen molar-refractivity contribution in [1.29, 1.82) is 0 Å². The maximum absolute atomic E-state index is 2.59. The van der Waals surface area contributed by atoms with Gasteiger partial charge in [0.2, 0.25) is 0 Å². The molecule has 0 saturated heterocycles.